The monoisotopic (exact) mass is 380 g/mol. The van der Waals surface area contributed by atoms with Gasteiger partial charge in [0.1, 0.15) is 5.75 Å². The number of hydrogen-bond donors (Lipinski definition) is 1. The minimum absolute atomic E-state index is 0.119. The first-order valence-corrected chi connectivity index (χ1v) is 9.53. The smallest absolute Gasteiger partial charge is 0.167 e. The molecule has 3 aromatic carbocycles. The highest BCUT2D eigenvalue weighted by molar-refractivity contribution is 5.71. The lowest BCUT2D eigenvalue weighted by atomic mass is 10.0. The predicted octanol–water partition coefficient (Wildman–Crippen LogP) is 5.61. The van der Waals surface area contributed by atoms with Gasteiger partial charge < -0.3 is 5.11 Å². The number of rotatable bonds is 3. The van der Waals surface area contributed by atoms with Crippen molar-refractivity contribution in [2.24, 2.45) is 0 Å². The van der Waals surface area contributed by atoms with Crippen LogP contribution in [-0.2, 0) is 0 Å². The van der Waals surface area contributed by atoms with Crippen LogP contribution >= 0.6 is 0 Å². The first kappa shape index (κ1) is 18.8. The molecule has 4 aromatic rings. The number of benzene rings is 3. The van der Waals surface area contributed by atoms with Crippen LogP contribution in [0, 0.1) is 33.8 Å². The number of aryl methyl sites for hydroxylation is 4. The van der Waals surface area contributed by atoms with E-state index in [0.29, 0.717) is 23.0 Å². The van der Waals surface area contributed by atoms with Gasteiger partial charge in [0, 0.05) is 11.1 Å². The molecule has 0 saturated heterocycles. The maximum atomic E-state index is 10.3. The molecule has 0 atom stereocenters. The van der Waals surface area contributed by atoms with E-state index in [4.69, 9.17) is 15.0 Å². The standard InChI is InChI=1S/C25H22N3O/c1-15-9-11-19(17(3)13-15)23-26-24(20-12-10-16(2)14-18(20)4)28-25(27-23)21-7-5-6-8-22(21)29/h6-14,29H,1-4H3. The molecular weight excluding hydrogens is 358 g/mol. The molecule has 0 saturated carbocycles. The molecule has 29 heavy (non-hydrogen) atoms. The van der Waals surface area contributed by atoms with Gasteiger partial charge in [-0.25, -0.2) is 15.0 Å². The average Bonchev–Trinajstić information content (AvgIpc) is 2.68. The van der Waals surface area contributed by atoms with E-state index in [9.17, 15) is 5.11 Å². The largest absolute Gasteiger partial charge is 0.507 e. The Kier molecular flexibility index (Phi) is 4.85. The van der Waals surface area contributed by atoms with E-state index in [-0.39, 0.29) is 5.75 Å². The van der Waals surface area contributed by atoms with Gasteiger partial charge in [0.05, 0.1) is 5.56 Å². The summed E-state index contributed by atoms with van der Waals surface area (Å²) >= 11 is 0. The fraction of sp³-hybridized carbons (Fsp3) is 0.160. The normalized spacial score (nSPS) is 10.9. The molecule has 4 heteroatoms. The lowest BCUT2D eigenvalue weighted by Crippen LogP contribution is -2.02. The summed E-state index contributed by atoms with van der Waals surface area (Å²) in [6.45, 7) is 8.23. The average molecular weight is 380 g/mol. The Morgan fingerprint density at radius 1 is 0.655 bits per heavy atom. The Labute approximate surface area is 171 Å². The Bertz CT molecular complexity index is 1140. The zero-order valence-corrected chi connectivity index (χ0v) is 17.0. The highest BCUT2D eigenvalue weighted by Crippen LogP contribution is 2.31. The van der Waals surface area contributed by atoms with Gasteiger partial charge in [0.15, 0.2) is 17.5 Å². The Balaban J connectivity index is 1.98. The fourth-order valence-electron chi connectivity index (χ4n) is 3.47. The summed E-state index contributed by atoms with van der Waals surface area (Å²) in [6.07, 6.45) is 0. The van der Waals surface area contributed by atoms with Gasteiger partial charge in [-0.05, 0) is 57.0 Å². The van der Waals surface area contributed by atoms with Gasteiger partial charge in [0.25, 0.3) is 0 Å². The summed E-state index contributed by atoms with van der Waals surface area (Å²) < 4.78 is 0. The van der Waals surface area contributed by atoms with Crippen molar-refractivity contribution in [2.75, 3.05) is 0 Å². The van der Waals surface area contributed by atoms with Crippen LogP contribution in [0.25, 0.3) is 34.2 Å². The molecule has 1 aromatic heterocycles. The summed E-state index contributed by atoms with van der Waals surface area (Å²) in [5, 5.41) is 10.3. The van der Waals surface area contributed by atoms with E-state index in [0.717, 1.165) is 22.3 Å². The molecule has 0 fully saturated rings. The molecule has 4 nitrogen and oxygen atoms in total. The van der Waals surface area contributed by atoms with Gasteiger partial charge in [-0.15, -0.1) is 0 Å². The van der Waals surface area contributed by atoms with Crippen molar-refractivity contribution in [3.8, 4) is 39.9 Å². The number of nitrogens with zero attached hydrogens (tertiary/aromatic N) is 3. The third-order valence-corrected chi connectivity index (χ3v) is 4.96. The Hall–Kier alpha value is -3.53. The predicted molar refractivity (Wildman–Crippen MR) is 116 cm³/mol. The number of hydrogen-bond acceptors (Lipinski definition) is 4. The molecule has 1 radical (unpaired) electrons. The summed E-state index contributed by atoms with van der Waals surface area (Å²) in [6, 6.07) is 20.3. The molecule has 0 spiro atoms. The molecule has 4 rings (SSSR count). The summed E-state index contributed by atoms with van der Waals surface area (Å²) in [5.74, 6) is 1.73. The van der Waals surface area contributed by atoms with Gasteiger partial charge in [-0.2, -0.15) is 0 Å². The zero-order chi connectivity index (χ0) is 20.5. The van der Waals surface area contributed by atoms with E-state index in [2.05, 4.69) is 58.0 Å². The van der Waals surface area contributed by atoms with Crippen molar-refractivity contribution in [1.29, 1.82) is 0 Å². The highest BCUT2D eigenvalue weighted by atomic mass is 16.3. The van der Waals surface area contributed by atoms with Crippen LogP contribution in [0.5, 0.6) is 5.75 Å². The van der Waals surface area contributed by atoms with Crippen molar-refractivity contribution >= 4 is 0 Å². The van der Waals surface area contributed by atoms with Crippen LogP contribution < -0.4 is 0 Å². The Morgan fingerprint density at radius 3 is 1.59 bits per heavy atom. The van der Waals surface area contributed by atoms with Crippen LogP contribution in [0.15, 0.2) is 54.6 Å². The van der Waals surface area contributed by atoms with E-state index in [1.807, 2.05) is 12.1 Å². The van der Waals surface area contributed by atoms with Gasteiger partial charge in [-0.3, -0.25) is 0 Å². The number of aromatic hydroxyl groups is 1. The summed E-state index contributed by atoms with van der Waals surface area (Å²) in [7, 11) is 0. The lowest BCUT2D eigenvalue weighted by Gasteiger charge is -2.12. The number of aromatic nitrogens is 3. The molecule has 0 aliphatic heterocycles. The van der Waals surface area contributed by atoms with Crippen molar-refractivity contribution < 1.29 is 5.11 Å². The van der Waals surface area contributed by atoms with E-state index < -0.39 is 0 Å². The highest BCUT2D eigenvalue weighted by Gasteiger charge is 2.16. The van der Waals surface area contributed by atoms with Crippen molar-refractivity contribution in [3.05, 3.63) is 82.9 Å². The maximum Gasteiger partial charge on any atom is 0.167 e. The third kappa shape index (κ3) is 3.74. The number of phenolic OH excluding ortho intramolecular Hbond substituents is 1. The van der Waals surface area contributed by atoms with Crippen molar-refractivity contribution in [3.63, 3.8) is 0 Å². The molecule has 0 aliphatic rings. The SMILES string of the molecule is Cc1ccc(-c2nc(-c3ccc(C)cc3C)nc(-c3c[c]ccc3O)n2)c(C)c1. The van der Waals surface area contributed by atoms with Crippen LogP contribution in [0.4, 0.5) is 0 Å². The second kappa shape index (κ2) is 7.47. The van der Waals surface area contributed by atoms with Crippen molar-refractivity contribution in [1.82, 2.24) is 15.0 Å². The fourth-order valence-corrected chi connectivity index (χ4v) is 3.47. The second-order valence-electron chi connectivity index (χ2n) is 7.39. The van der Waals surface area contributed by atoms with E-state index >= 15 is 0 Å². The Morgan fingerprint density at radius 2 is 1.14 bits per heavy atom. The first-order valence-electron chi connectivity index (χ1n) is 9.53. The van der Waals surface area contributed by atoms with Gasteiger partial charge >= 0.3 is 0 Å². The maximum absolute atomic E-state index is 10.3. The van der Waals surface area contributed by atoms with E-state index in [1.54, 1.807) is 18.2 Å². The summed E-state index contributed by atoms with van der Waals surface area (Å²) in [4.78, 5) is 14.2. The quantitative estimate of drug-likeness (QED) is 0.502. The molecule has 0 bridgehead atoms. The van der Waals surface area contributed by atoms with Gasteiger partial charge in [-0.1, -0.05) is 53.6 Å². The second-order valence-corrected chi connectivity index (χ2v) is 7.39. The van der Waals surface area contributed by atoms with Crippen LogP contribution in [0.3, 0.4) is 0 Å². The minimum Gasteiger partial charge on any atom is -0.507 e. The minimum atomic E-state index is 0.119. The van der Waals surface area contributed by atoms with E-state index in [1.165, 1.54) is 11.1 Å². The first-order chi connectivity index (χ1) is 13.9. The number of phenols is 1. The topological polar surface area (TPSA) is 58.9 Å². The zero-order valence-electron chi connectivity index (χ0n) is 17.0. The molecule has 0 aliphatic carbocycles. The third-order valence-electron chi connectivity index (χ3n) is 4.96. The summed E-state index contributed by atoms with van der Waals surface area (Å²) in [5.41, 5.74) is 6.99. The molecule has 1 heterocycles. The molecule has 1 N–H and O–H groups in total. The van der Waals surface area contributed by atoms with Crippen LogP contribution in [0.2, 0.25) is 0 Å². The molecule has 0 unspecified atom stereocenters. The molecule has 143 valence electrons. The van der Waals surface area contributed by atoms with Crippen molar-refractivity contribution in [2.45, 2.75) is 27.7 Å². The van der Waals surface area contributed by atoms with Crippen LogP contribution in [-0.4, -0.2) is 20.1 Å². The molecular formula is C25H22N3O. The van der Waals surface area contributed by atoms with Gasteiger partial charge in [0.2, 0.25) is 0 Å². The van der Waals surface area contributed by atoms with Crippen LogP contribution in [0.1, 0.15) is 22.3 Å². The molecule has 0 amide bonds. The lowest BCUT2D eigenvalue weighted by molar-refractivity contribution is 0.477.